The van der Waals surface area contributed by atoms with Gasteiger partial charge in [-0.2, -0.15) is 0 Å². The molecule has 0 radical (unpaired) electrons. The second-order valence-electron chi connectivity index (χ2n) is 7.00. The summed E-state index contributed by atoms with van der Waals surface area (Å²) in [6.45, 7) is 6.74. The van der Waals surface area contributed by atoms with E-state index in [-0.39, 0.29) is 18.2 Å². The van der Waals surface area contributed by atoms with Crippen LogP contribution in [0.15, 0.2) is 48.5 Å². The highest BCUT2D eigenvalue weighted by Crippen LogP contribution is 2.17. The first-order valence-corrected chi connectivity index (χ1v) is 9.70. The number of nitrogens with zero attached hydrogens (tertiary/aromatic N) is 1. The first kappa shape index (κ1) is 21.5. The SMILES string of the molecule is CCCNC(=O)[C@@H](C)N(Cc1cccc(OC)c1)C(=O)Cc1ccc(C)cc1. The summed E-state index contributed by atoms with van der Waals surface area (Å²) in [4.78, 5) is 27.3. The molecular weight excluding hydrogens is 352 g/mol. The summed E-state index contributed by atoms with van der Waals surface area (Å²) in [7, 11) is 1.61. The summed E-state index contributed by atoms with van der Waals surface area (Å²) in [5, 5.41) is 2.89. The molecule has 0 aromatic heterocycles. The number of amides is 2. The maximum absolute atomic E-state index is 13.1. The Kier molecular flexibility index (Phi) is 8.05. The van der Waals surface area contributed by atoms with Gasteiger partial charge in [0.05, 0.1) is 13.5 Å². The zero-order valence-electron chi connectivity index (χ0n) is 17.2. The van der Waals surface area contributed by atoms with Gasteiger partial charge in [0.2, 0.25) is 11.8 Å². The molecule has 2 aromatic carbocycles. The van der Waals surface area contributed by atoms with E-state index in [9.17, 15) is 9.59 Å². The highest BCUT2D eigenvalue weighted by atomic mass is 16.5. The topological polar surface area (TPSA) is 58.6 Å². The molecule has 0 aliphatic rings. The van der Waals surface area contributed by atoms with Crippen LogP contribution in [0.4, 0.5) is 0 Å². The molecule has 0 aliphatic carbocycles. The molecule has 5 heteroatoms. The number of benzene rings is 2. The van der Waals surface area contributed by atoms with Gasteiger partial charge in [0.1, 0.15) is 11.8 Å². The number of aryl methyl sites for hydroxylation is 1. The smallest absolute Gasteiger partial charge is 0.242 e. The number of hydrogen-bond acceptors (Lipinski definition) is 3. The Morgan fingerprint density at radius 3 is 2.46 bits per heavy atom. The first-order valence-electron chi connectivity index (χ1n) is 9.70. The predicted octanol–water partition coefficient (Wildman–Crippen LogP) is 3.49. The van der Waals surface area contributed by atoms with Crippen molar-refractivity contribution in [1.82, 2.24) is 10.2 Å². The summed E-state index contributed by atoms with van der Waals surface area (Å²) in [6, 6.07) is 14.9. The fourth-order valence-corrected chi connectivity index (χ4v) is 2.93. The van der Waals surface area contributed by atoms with Gasteiger partial charge in [-0.1, -0.05) is 48.9 Å². The molecule has 150 valence electrons. The summed E-state index contributed by atoms with van der Waals surface area (Å²) in [5.74, 6) is 0.513. The fourth-order valence-electron chi connectivity index (χ4n) is 2.93. The molecule has 0 fully saturated rings. The largest absolute Gasteiger partial charge is 0.497 e. The normalized spacial score (nSPS) is 11.6. The lowest BCUT2D eigenvalue weighted by molar-refractivity contribution is -0.140. The van der Waals surface area contributed by atoms with Crippen molar-refractivity contribution in [2.24, 2.45) is 0 Å². The van der Waals surface area contributed by atoms with E-state index in [1.54, 1.807) is 18.9 Å². The summed E-state index contributed by atoms with van der Waals surface area (Å²) in [6.07, 6.45) is 1.11. The average molecular weight is 383 g/mol. The second-order valence-corrected chi connectivity index (χ2v) is 7.00. The molecule has 1 atom stereocenters. The minimum absolute atomic E-state index is 0.0779. The summed E-state index contributed by atoms with van der Waals surface area (Å²) in [5.41, 5.74) is 3.01. The Morgan fingerprint density at radius 1 is 1.11 bits per heavy atom. The molecule has 1 N–H and O–H groups in total. The maximum Gasteiger partial charge on any atom is 0.242 e. The highest BCUT2D eigenvalue weighted by molar-refractivity contribution is 5.88. The molecule has 0 spiro atoms. The van der Waals surface area contributed by atoms with Crippen LogP contribution < -0.4 is 10.1 Å². The molecule has 0 bridgehead atoms. The van der Waals surface area contributed by atoms with Gasteiger partial charge in [-0.05, 0) is 43.5 Å². The van der Waals surface area contributed by atoms with Gasteiger partial charge in [-0.25, -0.2) is 0 Å². The third-order valence-electron chi connectivity index (χ3n) is 4.68. The lowest BCUT2D eigenvalue weighted by Crippen LogP contribution is -2.48. The molecule has 28 heavy (non-hydrogen) atoms. The Labute approximate surface area is 167 Å². The van der Waals surface area contributed by atoms with Crippen LogP contribution >= 0.6 is 0 Å². The van der Waals surface area contributed by atoms with Gasteiger partial charge in [0.25, 0.3) is 0 Å². The summed E-state index contributed by atoms with van der Waals surface area (Å²) >= 11 is 0. The monoisotopic (exact) mass is 382 g/mol. The van der Waals surface area contributed by atoms with Crippen molar-refractivity contribution in [1.29, 1.82) is 0 Å². The van der Waals surface area contributed by atoms with Crippen molar-refractivity contribution < 1.29 is 14.3 Å². The number of carbonyl (C=O) groups is 2. The minimum atomic E-state index is -0.560. The Bertz CT molecular complexity index is 787. The van der Waals surface area contributed by atoms with Crippen LogP contribution in [0.1, 0.15) is 37.0 Å². The van der Waals surface area contributed by atoms with Crippen LogP contribution in [0.2, 0.25) is 0 Å². The van der Waals surface area contributed by atoms with Crippen molar-refractivity contribution in [2.45, 2.75) is 46.2 Å². The van der Waals surface area contributed by atoms with E-state index in [0.29, 0.717) is 13.1 Å². The van der Waals surface area contributed by atoms with E-state index in [1.165, 1.54) is 0 Å². The molecule has 0 aliphatic heterocycles. The first-order chi connectivity index (χ1) is 13.4. The molecule has 0 saturated carbocycles. The third kappa shape index (κ3) is 6.12. The number of carbonyl (C=O) groups excluding carboxylic acids is 2. The van der Waals surface area contributed by atoms with E-state index in [0.717, 1.165) is 28.9 Å². The van der Waals surface area contributed by atoms with Crippen LogP contribution in [-0.4, -0.2) is 36.4 Å². The van der Waals surface area contributed by atoms with Gasteiger partial charge >= 0.3 is 0 Å². The van der Waals surface area contributed by atoms with Crippen LogP contribution in [0, 0.1) is 6.92 Å². The second kappa shape index (κ2) is 10.5. The molecule has 0 saturated heterocycles. The third-order valence-corrected chi connectivity index (χ3v) is 4.68. The number of hydrogen-bond donors (Lipinski definition) is 1. The van der Waals surface area contributed by atoms with Gasteiger partial charge in [-0.15, -0.1) is 0 Å². The zero-order valence-corrected chi connectivity index (χ0v) is 17.2. The molecule has 2 aromatic rings. The Hall–Kier alpha value is -2.82. The maximum atomic E-state index is 13.1. The highest BCUT2D eigenvalue weighted by Gasteiger charge is 2.26. The van der Waals surface area contributed by atoms with Gasteiger partial charge in [0, 0.05) is 13.1 Å². The van der Waals surface area contributed by atoms with Crippen molar-refractivity contribution in [3.8, 4) is 5.75 Å². The molecular formula is C23H30N2O3. The number of ether oxygens (including phenoxy) is 1. The molecule has 2 rings (SSSR count). The van der Waals surface area contributed by atoms with Gasteiger partial charge in [-0.3, -0.25) is 9.59 Å². The van der Waals surface area contributed by atoms with Crippen LogP contribution in [-0.2, 0) is 22.6 Å². The van der Waals surface area contributed by atoms with E-state index in [4.69, 9.17) is 4.74 Å². The van der Waals surface area contributed by atoms with Gasteiger partial charge < -0.3 is 15.0 Å². The molecule has 5 nitrogen and oxygen atoms in total. The zero-order chi connectivity index (χ0) is 20.5. The molecule has 2 amide bonds. The Balaban J connectivity index is 2.21. The standard InChI is InChI=1S/C23H30N2O3/c1-5-13-24-23(27)18(3)25(16-20-7-6-8-21(14-20)28-4)22(26)15-19-11-9-17(2)10-12-19/h6-12,14,18H,5,13,15-16H2,1-4H3,(H,24,27)/t18-/m1/s1. The summed E-state index contributed by atoms with van der Waals surface area (Å²) < 4.78 is 5.28. The lowest BCUT2D eigenvalue weighted by atomic mass is 10.1. The van der Waals surface area contributed by atoms with Crippen molar-refractivity contribution in [3.05, 3.63) is 65.2 Å². The lowest BCUT2D eigenvalue weighted by Gasteiger charge is -2.29. The van der Waals surface area contributed by atoms with Gasteiger partial charge in [0.15, 0.2) is 0 Å². The molecule has 0 heterocycles. The quantitative estimate of drug-likeness (QED) is 0.722. The predicted molar refractivity (Wildman–Crippen MR) is 111 cm³/mol. The van der Waals surface area contributed by atoms with E-state index in [2.05, 4.69) is 5.32 Å². The van der Waals surface area contributed by atoms with Crippen molar-refractivity contribution in [2.75, 3.05) is 13.7 Å². The van der Waals surface area contributed by atoms with Crippen molar-refractivity contribution in [3.63, 3.8) is 0 Å². The number of nitrogens with one attached hydrogen (secondary N) is 1. The van der Waals surface area contributed by atoms with Crippen molar-refractivity contribution >= 4 is 11.8 Å². The van der Waals surface area contributed by atoms with Crippen LogP contribution in [0.3, 0.4) is 0 Å². The number of rotatable bonds is 9. The van der Waals surface area contributed by atoms with E-state index in [1.807, 2.05) is 62.4 Å². The number of methoxy groups -OCH3 is 1. The van der Waals surface area contributed by atoms with Crippen LogP contribution in [0.25, 0.3) is 0 Å². The molecule has 0 unspecified atom stereocenters. The minimum Gasteiger partial charge on any atom is -0.497 e. The van der Waals surface area contributed by atoms with Crippen LogP contribution in [0.5, 0.6) is 5.75 Å². The van der Waals surface area contributed by atoms with E-state index >= 15 is 0 Å². The Morgan fingerprint density at radius 2 is 1.82 bits per heavy atom. The van der Waals surface area contributed by atoms with E-state index < -0.39 is 6.04 Å². The average Bonchev–Trinajstić information content (AvgIpc) is 2.71. The fraction of sp³-hybridized carbons (Fsp3) is 0.391.